The number of aryl methyl sites for hydroxylation is 1. The van der Waals surface area contributed by atoms with Gasteiger partial charge >= 0.3 is 0 Å². The molecule has 2 bridgehead atoms. The molecular formula is C28H35N7O3. The van der Waals surface area contributed by atoms with E-state index in [0.717, 1.165) is 67.2 Å². The fourth-order valence-electron chi connectivity index (χ4n) is 5.72. The van der Waals surface area contributed by atoms with Crippen molar-refractivity contribution in [1.82, 2.24) is 24.8 Å². The number of piperidine rings is 1. The molecular weight excluding hydrogens is 482 g/mol. The molecule has 10 heteroatoms. The van der Waals surface area contributed by atoms with Crippen LogP contribution in [0.1, 0.15) is 71.9 Å². The molecule has 200 valence electrons. The van der Waals surface area contributed by atoms with Crippen LogP contribution in [0.5, 0.6) is 5.75 Å². The first kappa shape index (κ1) is 24.7. The van der Waals surface area contributed by atoms with Crippen LogP contribution in [0.3, 0.4) is 0 Å². The van der Waals surface area contributed by atoms with Crippen LogP contribution in [0.25, 0.3) is 5.65 Å². The zero-order valence-corrected chi connectivity index (χ0v) is 22.0. The predicted molar refractivity (Wildman–Crippen MR) is 144 cm³/mol. The first-order valence-electron chi connectivity index (χ1n) is 13.6. The van der Waals surface area contributed by atoms with E-state index in [0.29, 0.717) is 24.4 Å². The van der Waals surface area contributed by atoms with Crippen LogP contribution in [0.15, 0.2) is 30.3 Å². The van der Waals surface area contributed by atoms with Gasteiger partial charge in [-0.3, -0.25) is 9.59 Å². The average molecular weight is 518 g/mol. The number of ether oxygens (including phenoxy) is 1. The Morgan fingerprint density at radius 3 is 2.76 bits per heavy atom. The number of aromatic nitrogens is 3. The summed E-state index contributed by atoms with van der Waals surface area (Å²) in [4.78, 5) is 35.6. The van der Waals surface area contributed by atoms with Crippen LogP contribution in [-0.4, -0.2) is 70.1 Å². The van der Waals surface area contributed by atoms with E-state index in [1.165, 1.54) is 0 Å². The highest BCUT2D eigenvalue weighted by Crippen LogP contribution is 2.35. The molecule has 10 nitrogen and oxygen atoms in total. The molecule has 2 amide bonds. The minimum atomic E-state index is -0.212. The topological polar surface area (TPSA) is 118 Å². The van der Waals surface area contributed by atoms with Crippen LogP contribution < -0.4 is 20.7 Å². The highest BCUT2D eigenvalue weighted by molar-refractivity contribution is 5.97. The van der Waals surface area contributed by atoms with E-state index in [-0.39, 0.29) is 36.4 Å². The van der Waals surface area contributed by atoms with Gasteiger partial charge in [0.2, 0.25) is 0 Å². The molecule has 2 saturated heterocycles. The number of nitrogens with zero attached hydrogens (tertiary/aromatic N) is 5. The minimum Gasteiger partial charge on any atom is -0.483 e. The molecule has 2 aromatic heterocycles. The van der Waals surface area contributed by atoms with Crippen molar-refractivity contribution in [2.24, 2.45) is 5.73 Å². The van der Waals surface area contributed by atoms with E-state index in [4.69, 9.17) is 20.6 Å². The van der Waals surface area contributed by atoms with Crippen molar-refractivity contribution in [2.75, 3.05) is 37.7 Å². The third-order valence-corrected chi connectivity index (χ3v) is 7.93. The minimum absolute atomic E-state index is 0.102. The molecule has 0 radical (unpaired) electrons. The van der Waals surface area contributed by atoms with E-state index < -0.39 is 0 Å². The zero-order chi connectivity index (χ0) is 26.4. The molecule has 0 saturated carbocycles. The lowest BCUT2D eigenvalue weighted by Gasteiger charge is -2.38. The number of fused-ring (bicyclic) bond motifs is 4. The summed E-state index contributed by atoms with van der Waals surface area (Å²) >= 11 is 0. The van der Waals surface area contributed by atoms with E-state index >= 15 is 0 Å². The number of amides is 2. The van der Waals surface area contributed by atoms with Crippen LogP contribution >= 0.6 is 0 Å². The summed E-state index contributed by atoms with van der Waals surface area (Å²) in [5.74, 6) is 1.12. The van der Waals surface area contributed by atoms with Gasteiger partial charge in [-0.15, -0.1) is 0 Å². The molecule has 3 aromatic rings. The third-order valence-electron chi connectivity index (χ3n) is 7.93. The zero-order valence-electron chi connectivity index (χ0n) is 22.0. The van der Waals surface area contributed by atoms with E-state index in [1.807, 2.05) is 34.5 Å². The van der Waals surface area contributed by atoms with Crippen LogP contribution in [0.2, 0.25) is 0 Å². The molecule has 3 N–H and O–H groups in total. The van der Waals surface area contributed by atoms with Crippen molar-refractivity contribution < 1.29 is 14.3 Å². The molecule has 38 heavy (non-hydrogen) atoms. The van der Waals surface area contributed by atoms with Gasteiger partial charge in [-0.25, -0.2) is 9.50 Å². The SMILES string of the molecule is Cc1ccc2c(c1)C(=O)N1CCCCC1c1cc3nc(N4CC(N)C4)cc(n3n1)C(C)CCNC(=O)CO2. The highest BCUT2D eigenvalue weighted by Gasteiger charge is 2.33. The van der Waals surface area contributed by atoms with Gasteiger partial charge in [0.1, 0.15) is 11.6 Å². The Bertz CT molecular complexity index is 1380. The maximum absolute atomic E-state index is 14.0. The van der Waals surface area contributed by atoms with Gasteiger partial charge < -0.3 is 25.6 Å². The normalized spacial score (nSPS) is 23.0. The first-order chi connectivity index (χ1) is 18.4. The molecule has 2 fully saturated rings. The van der Waals surface area contributed by atoms with Gasteiger partial charge in [0.05, 0.1) is 23.0 Å². The van der Waals surface area contributed by atoms with Crippen molar-refractivity contribution in [2.45, 2.75) is 57.5 Å². The van der Waals surface area contributed by atoms with Crippen molar-refractivity contribution in [3.05, 3.63) is 52.8 Å². The number of hydrogen-bond acceptors (Lipinski definition) is 7. The summed E-state index contributed by atoms with van der Waals surface area (Å²) in [6.07, 6.45) is 3.52. The predicted octanol–water partition coefficient (Wildman–Crippen LogP) is 2.55. The number of nitrogens with two attached hydrogens (primary N) is 1. The number of hydrogen-bond donors (Lipinski definition) is 2. The number of nitrogens with one attached hydrogen (secondary N) is 1. The summed E-state index contributed by atoms with van der Waals surface area (Å²) in [7, 11) is 0. The van der Waals surface area contributed by atoms with Gasteiger partial charge in [-0.05, 0) is 44.7 Å². The summed E-state index contributed by atoms with van der Waals surface area (Å²) in [6.45, 7) is 6.64. The fraction of sp³-hybridized carbons (Fsp3) is 0.500. The Hall–Kier alpha value is -3.66. The van der Waals surface area contributed by atoms with Crippen LogP contribution in [0.4, 0.5) is 5.82 Å². The Kier molecular flexibility index (Phi) is 6.43. The monoisotopic (exact) mass is 517 g/mol. The molecule has 0 aliphatic carbocycles. The number of carbonyl (C=O) groups excluding carboxylic acids is 2. The lowest BCUT2D eigenvalue weighted by atomic mass is 9.97. The number of rotatable bonds is 1. The lowest BCUT2D eigenvalue weighted by Crippen LogP contribution is -2.56. The van der Waals surface area contributed by atoms with Crippen molar-refractivity contribution in [1.29, 1.82) is 0 Å². The molecule has 3 aliphatic rings. The average Bonchev–Trinajstić information content (AvgIpc) is 3.33. The lowest BCUT2D eigenvalue weighted by molar-refractivity contribution is -0.123. The second-order valence-corrected chi connectivity index (χ2v) is 10.9. The number of anilines is 1. The number of benzene rings is 1. The largest absolute Gasteiger partial charge is 0.483 e. The van der Waals surface area contributed by atoms with Crippen LogP contribution in [-0.2, 0) is 4.79 Å². The second-order valence-electron chi connectivity index (χ2n) is 10.9. The van der Waals surface area contributed by atoms with Gasteiger partial charge in [0.15, 0.2) is 12.3 Å². The summed E-state index contributed by atoms with van der Waals surface area (Å²) in [6, 6.07) is 9.65. The van der Waals surface area contributed by atoms with Gasteiger partial charge in [-0.2, -0.15) is 5.10 Å². The molecule has 5 heterocycles. The van der Waals surface area contributed by atoms with E-state index in [2.05, 4.69) is 23.2 Å². The fourth-order valence-corrected chi connectivity index (χ4v) is 5.72. The van der Waals surface area contributed by atoms with Gasteiger partial charge in [-0.1, -0.05) is 18.6 Å². The first-order valence-corrected chi connectivity index (χ1v) is 13.6. The summed E-state index contributed by atoms with van der Waals surface area (Å²) < 4.78 is 7.80. The van der Waals surface area contributed by atoms with Crippen LogP contribution in [0, 0.1) is 6.92 Å². The maximum atomic E-state index is 14.0. The Balaban J connectivity index is 1.46. The molecule has 2 unspecified atom stereocenters. The number of carbonyl (C=O) groups is 2. The van der Waals surface area contributed by atoms with Gasteiger partial charge in [0.25, 0.3) is 11.8 Å². The summed E-state index contributed by atoms with van der Waals surface area (Å²) in [5.41, 5.74) is 10.1. The second kappa shape index (κ2) is 9.90. The molecule has 3 aliphatic heterocycles. The Morgan fingerprint density at radius 1 is 1.11 bits per heavy atom. The Labute approximate surface area is 222 Å². The molecule has 6 rings (SSSR count). The third kappa shape index (κ3) is 4.57. The highest BCUT2D eigenvalue weighted by atomic mass is 16.5. The Morgan fingerprint density at radius 2 is 1.95 bits per heavy atom. The molecule has 2 atom stereocenters. The molecule has 0 spiro atoms. The maximum Gasteiger partial charge on any atom is 0.258 e. The van der Waals surface area contributed by atoms with E-state index in [9.17, 15) is 9.59 Å². The van der Waals surface area contributed by atoms with Crippen molar-refractivity contribution in [3.8, 4) is 5.75 Å². The van der Waals surface area contributed by atoms with Gasteiger partial charge in [0, 0.05) is 50.3 Å². The van der Waals surface area contributed by atoms with Crippen molar-refractivity contribution >= 4 is 23.3 Å². The quantitative estimate of drug-likeness (QED) is 0.509. The standard InChI is InChI=1S/C28H35N7O3/c1-17-6-7-24-20(11-17)28(37)34-10-4-3-5-22(34)21-12-26-31-25(33-14-19(29)15-33)13-23(35(26)32-21)18(2)8-9-30-27(36)16-38-24/h6-7,11-13,18-19,22H,3-5,8-10,14-16,29H2,1-2H3,(H,30,36). The molecule has 1 aromatic carbocycles. The summed E-state index contributed by atoms with van der Waals surface area (Å²) in [5, 5.41) is 8.00. The van der Waals surface area contributed by atoms with Crippen molar-refractivity contribution in [3.63, 3.8) is 0 Å². The smallest absolute Gasteiger partial charge is 0.258 e. The van der Waals surface area contributed by atoms with E-state index in [1.54, 1.807) is 6.07 Å².